The van der Waals surface area contributed by atoms with Gasteiger partial charge in [0.15, 0.2) is 0 Å². The third-order valence-corrected chi connectivity index (χ3v) is 3.06. The maximum absolute atomic E-state index is 10.5. The molecule has 94 valence electrons. The van der Waals surface area contributed by atoms with Crippen LogP contribution in [0.2, 0.25) is 0 Å². The van der Waals surface area contributed by atoms with Crippen molar-refractivity contribution in [2.24, 2.45) is 5.92 Å². The van der Waals surface area contributed by atoms with Gasteiger partial charge in [-0.1, -0.05) is 25.1 Å². The Balaban J connectivity index is 2.66. The number of hydrogen-bond donors (Lipinski definition) is 2. The zero-order valence-corrected chi connectivity index (χ0v) is 10.6. The molecule has 0 fully saturated rings. The molecule has 1 aromatic rings. The van der Waals surface area contributed by atoms with E-state index in [4.69, 9.17) is 5.11 Å². The van der Waals surface area contributed by atoms with Gasteiger partial charge in [0.05, 0.1) is 6.10 Å². The van der Waals surface area contributed by atoms with Crippen LogP contribution in [0.15, 0.2) is 18.2 Å². The molecule has 0 radical (unpaired) electrons. The first-order chi connectivity index (χ1) is 7.90. The van der Waals surface area contributed by atoms with Gasteiger partial charge >= 0.3 is 5.97 Å². The summed E-state index contributed by atoms with van der Waals surface area (Å²) >= 11 is 0. The summed E-state index contributed by atoms with van der Waals surface area (Å²) in [6.45, 7) is 5.88. The van der Waals surface area contributed by atoms with Gasteiger partial charge in [0.2, 0.25) is 0 Å². The zero-order chi connectivity index (χ0) is 13.0. The fourth-order valence-corrected chi connectivity index (χ4v) is 1.87. The van der Waals surface area contributed by atoms with Crippen LogP contribution in [0.25, 0.3) is 0 Å². The van der Waals surface area contributed by atoms with E-state index in [0.29, 0.717) is 6.42 Å². The van der Waals surface area contributed by atoms with Crippen LogP contribution in [-0.4, -0.2) is 16.2 Å². The van der Waals surface area contributed by atoms with Crippen LogP contribution in [0.4, 0.5) is 0 Å². The van der Waals surface area contributed by atoms with Crippen molar-refractivity contribution in [3.05, 3.63) is 34.9 Å². The minimum absolute atomic E-state index is 0.0240. The van der Waals surface area contributed by atoms with Crippen LogP contribution in [0.3, 0.4) is 0 Å². The molecule has 2 atom stereocenters. The Hall–Kier alpha value is -1.35. The normalized spacial score (nSPS) is 14.4. The van der Waals surface area contributed by atoms with E-state index in [1.54, 1.807) is 0 Å². The van der Waals surface area contributed by atoms with Crippen molar-refractivity contribution in [3.63, 3.8) is 0 Å². The predicted octanol–water partition coefficient (Wildman–Crippen LogP) is 2.84. The summed E-state index contributed by atoms with van der Waals surface area (Å²) in [4.78, 5) is 10.5. The fourth-order valence-electron chi connectivity index (χ4n) is 1.87. The smallest absolute Gasteiger partial charge is 0.303 e. The highest BCUT2D eigenvalue weighted by atomic mass is 16.4. The van der Waals surface area contributed by atoms with E-state index in [-0.39, 0.29) is 12.3 Å². The number of hydrogen-bond acceptors (Lipinski definition) is 2. The van der Waals surface area contributed by atoms with Crippen LogP contribution >= 0.6 is 0 Å². The summed E-state index contributed by atoms with van der Waals surface area (Å²) in [7, 11) is 0. The van der Waals surface area contributed by atoms with E-state index in [9.17, 15) is 9.90 Å². The summed E-state index contributed by atoms with van der Waals surface area (Å²) in [6, 6.07) is 5.85. The molecule has 0 bridgehead atoms. The molecule has 0 aliphatic rings. The van der Waals surface area contributed by atoms with Crippen LogP contribution in [0.5, 0.6) is 0 Å². The molecule has 2 N–H and O–H groups in total. The number of carbonyl (C=O) groups is 1. The minimum Gasteiger partial charge on any atom is -0.481 e. The van der Waals surface area contributed by atoms with Gasteiger partial charge in [-0.05, 0) is 42.9 Å². The Labute approximate surface area is 102 Å². The summed E-state index contributed by atoms with van der Waals surface area (Å²) in [6.07, 6.45) is 0.000110. The van der Waals surface area contributed by atoms with Crippen molar-refractivity contribution in [2.45, 2.75) is 39.7 Å². The second kappa shape index (κ2) is 5.82. The molecule has 0 aliphatic heterocycles. The average molecular weight is 236 g/mol. The van der Waals surface area contributed by atoms with Gasteiger partial charge in [-0.15, -0.1) is 0 Å². The van der Waals surface area contributed by atoms with E-state index in [0.717, 1.165) is 11.1 Å². The Morgan fingerprint density at radius 1 is 1.29 bits per heavy atom. The van der Waals surface area contributed by atoms with Gasteiger partial charge < -0.3 is 10.2 Å². The first-order valence-electron chi connectivity index (χ1n) is 5.87. The van der Waals surface area contributed by atoms with Crippen LogP contribution in [0.1, 0.15) is 42.6 Å². The first-order valence-corrected chi connectivity index (χ1v) is 5.87. The van der Waals surface area contributed by atoms with Gasteiger partial charge in [-0.2, -0.15) is 0 Å². The number of aliphatic hydroxyl groups is 1. The van der Waals surface area contributed by atoms with E-state index in [1.807, 2.05) is 39.0 Å². The molecule has 3 nitrogen and oxygen atoms in total. The number of carboxylic acid groups (broad SMARTS) is 1. The Kier molecular flexibility index (Phi) is 4.70. The molecule has 1 rings (SSSR count). The van der Waals surface area contributed by atoms with Crippen LogP contribution in [0, 0.1) is 19.8 Å². The molecule has 0 aromatic heterocycles. The number of aliphatic hydroxyl groups excluding tert-OH is 1. The van der Waals surface area contributed by atoms with Crippen molar-refractivity contribution < 1.29 is 15.0 Å². The molecule has 17 heavy (non-hydrogen) atoms. The third kappa shape index (κ3) is 4.19. The maximum Gasteiger partial charge on any atom is 0.303 e. The van der Waals surface area contributed by atoms with Crippen LogP contribution < -0.4 is 0 Å². The molecule has 3 heteroatoms. The Morgan fingerprint density at radius 2 is 1.94 bits per heavy atom. The highest BCUT2D eigenvalue weighted by Gasteiger charge is 2.15. The molecule has 0 spiro atoms. The number of carboxylic acids is 1. The fraction of sp³-hybridized carbons (Fsp3) is 0.500. The van der Waals surface area contributed by atoms with Crippen molar-refractivity contribution >= 4 is 5.97 Å². The monoisotopic (exact) mass is 236 g/mol. The average Bonchev–Trinajstić information content (AvgIpc) is 2.20. The van der Waals surface area contributed by atoms with Gasteiger partial charge in [0.1, 0.15) is 0 Å². The molecular formula is C14H20O3. The van der Waals surface area contributed by atoms with Crippen LogP contribution in [-0.2, 0) is 4.79 Å². The predicted molar refractivity (Wildman–Crippen MR) is 66.9 cm³/mol. The summed E-state index contributed by atoms with van der Waals surface area (Å²) in [5.41, 5.74) is 3.21. The van der Waals surface area contributed by atoms with E-state index >= 15 is 0 Å². The lowest BCUT2D eigenvalue weighted by Crippen LogP contribution is -2.09. The molecule has 2 unspecified atom stereocenters. The standard InChI is InChI=1S/C14H20O3/c1-9(7-14(16)17)6-13(15)12-5-4-10(2)11(3)8-12/h4-5,8-9,13,15H,6-7H2,1-3H3,(H,16,17). The lowest BCUT2D eigenvalue weighted by Gasteiger charge is -2.16. The summed E-state index contributed by atoms with van der Waals surface area (Å²) < 4.78 is 0. The third-order valence-electron chi connectivity index (χ3n) is 3.06. The molecule has 0 saturated carbocycles. The number of benzene rings is 1. The quantitative estimate of drug-likeness (QED) is 0.826. The van der Waals surface area contributed by atoms with Crippen molar-refractivity contribution in [2.75, 3.05) is 0 Å². The SMILES string of the molecule is Cc1ccc(C(O)CC(C)CC(=O)O)cc1C. The van der Waals surface area contributed by atoms with E-state index in [2.05, 4.69) is 0 Å². The van der Waals surface area contributed by atoms with Gasteiger partial charge in [-0.3, -0.25) is 4.79 Å². The van der Waals surface area contributed by atoms with Crippen molar-refractivity contribution in [1.29, 1.82) is 0 Å². The molecular weight excluding hydrogens is 216 g/mol. The van der Waals surface area contributed by atoms with E-state index in [1.165, 1.54) is 5.56 Å². The van der Waals surface area contributed by atoms with Crippen molar-refractivity contribution in [1.82, 2.24) is 0 Å². The second-order valence-corrected chi connectivity index (χ2v) is 4.80. The number of aliphatic carboxylic acids is 1. The highest BCUT2D eigenvalue weighted by molar-refractivity contribution is 5.66. The maximum atomic E-state index is 10.5. The molecule has 1 aromatic carbocycles. The second-order valence-electron chi connectivity index (χ2n) is 4.80. The summed E-state index contributed by atoms with van der Waals surface area (Å²) in [5.74, 6) is -0.839. The number of rotatable bonds is 5. The molecule has 0 aliphatic carbocycles. The van der Waals surface area contributed by atoms with Crippen molar-refractivity contribution in [3.8, 4) is 0 Å². The van der Waals surface area contributed by atoms with Gasteiger partial charge in [-0.25, -0.2) is 0 Å². The molecule has 0 amide bonds. The summed E-state index contributed by atoms with van der Waals surface area (Å²) in [5, 5.41) is 18.7. The number of aryl methyl sites for hydroxylation is 2. The topological polar surface area (TPSA) is 57.5 Å². The highest BCUT2D eigenvalue weighted by Crippen LogP contribution is 2.24. The van der Waals surface area contributed by atoms with Gasteiger partial charge in [0.25, 0.3) is 0 Å². The lowest BCUT2D eigenvalue weighted by atomic mass is 9.94. The lowest BCUT2D eigenvalue weighted by molar-refractivity contribution is -0.138. The minimum atomic E-state index is -0.815. The first kappa shape index (κ1) is 13.7. The Morgan fingerprint density at radius 3 is 2.47 bits per heavy atom. The Bertz CT molecular complexity index is 398. The zero-order valence-electron chi connectivity index (χ0n) is 10.6. The largest absolute Gasteiger partial charge is 0.481 e. The van der Waals surface area contributed by atoms with E-state index < -0.39 is 12.1 Å². The molecule has 0 heterocycles. The van der Waals surface area contributed by atoms with Gasteiger partial charge in [0, 0.05) is 6.42 Å². The molecule has 0 saturated heterocycles.